The summed E-state index contributed by atoms with van der Waals surface area (Å²) in [6.07, 6.45) is 2.20. The van der Waals surface area contributed by atoms with Gasteiger partial charge in [0.2, 0.25) is 11.8 Å². The highest BCUT2D eigenvalue weighted by Crippen LogP contribution is 2.28. The molecular formula is C23H32ClN3O3S. The van der Waals surface area contributed by atoms with Crippen molar-refractivity contribution >= 4 is 28.3 Å². The minimum atomic E-state index is -1.36. The summed E-state index contributed by atoms with van der Waals surface area (Å²) >= 11 is 6.20. The molecule has 0 unspecified atom stereocenters. The summed E-state index contributed by atoms with van der Waals surface area (Å²) in [5, 5.41) is 3.44. The van der Waals surface area contributed by atoms with Gasteiger partial charge in [-0.15, -0.1) is 0 Å². The Balaban J connectivity index is 1.41. The molecule has 31 heavy (non-hydrogen) atoms. The quantitative estimate of drug-likeness (QED) is 0.565. The van der Waals surface area contributed by atoms with Crippen LogP contribution in [0.2, 0.25) is 5.02 Å². The predicted molar refractivity (Wildman–Crippen MR) is 125 cm³/mol. The van der Waals surface area contributed by atoms with E-state index < -0.39 is 10.8 Å². The number of aromatic nitrogens is 1. The van der Waals surface area contributed by atoms with Crippen LogP contribution < -0.4 is 5.32 Å². The molecule has 1 saturated heterocycles. The lowest BCUT2D eigenvalue weighted by atomic mass is 9.92. The summed E-state index contributed by atoms with van der Waals surface area (Å²) in [5.41, 5.74) is 1.29. The number of halogens is 1. The van der Waals surface area contributed by atoms with Crippen molar-refractivity contribution in [3.05, 3.63) is 40.7 Å². The third-order valence-electron chi connectivity index (χ3n) is 5.50. The van der Waals surface area contributed by atoms with Gasteiger partial charge in [0.05, 0.1) is 22.0 Å². The molecule has 1 fully saturated rings. The Hall–Kier alpha value is -1.70. The number of rotatable bonds is 9. The number of nitrogens with zero attached hydrogens (tertiary/aromatic N) is 2. The van der Waals surface area contributed by atoms with Crippen molar-refractivity contribution in [2.75, 3.05) is 31.9 Å². The molecule has 1 N–H and O–H groups in total. The summed E-state index contributed by atoms with van der Waals surface area (Å²) in [5.74, 6) is 2.42. The van der Waals surface area contributed by atoms with Crippen LogP contribution in [0.15, 0.2) is 28.7 Å². The van der Waals surface area contributed by atoms with Gasteiger partial charge >= 0.3 is 0 Å². The predicted octanol–water partition coefficient (Wildman–Crippen LogP) is 4.04. The van der Waals surface area contributed by atoms with Gasteiger partial charge < -0.3 is 14.6 Å². The molecule has 3 atom stereocenters. The number of carbonyl (C=O) groups excluding carboxylic acids is 1. The lowest BCUT2D eigenvalue weighted by Gasteiger charge is -2.34. The molecule has 2 heterocycles. The van der Waals surface area contributed by atoms with Crippen molar-refractivity contribution < 1.29 is 13.4 Å². The van der Waals surface area contributed by atoms with Crippen molar-refractivity contribution in [3.8, 4) is 11.5 Å². The van der Waals surface area contributed by atoms with Crippen LogP contribution in [0.3, 0.4) is 0 Å². The average Bonchev–Trinajstić information content (AvgIpc) is 3.05. The molecule has 2 aromatic rings. The first kappa shape index (κ1) is 24.0. The van der Waals surface area contributed by atoms with Crippen LogP contribution in [-0.2, 0) is 21.3 Å². The number of carbonyl (C=O) groups is 1. The van der Waals surface area contributed by atoms with Gasteiger partial charge in [0, 0.05) is 30.4 Å². The Morgan fingerprint density at radius 2 is 2.00 bits per heavy atom. The maximum absolute atomic E-state index is 12.5. The number of aryl methyl sites for hydroxylation is 1. The molecule has 1 aromatic heterocycles. The first-order valence-electron chi connectivity index (χ1n) is 10.9. The number of oxazole rings is 1. The Morgan fingerprint density at radius 3 is 2.71 bits per heavy atom. The molecule has 0 aliphatic carbocycles. The van der Waals surface area contributed by atoms with Gasteiger partial charge in [-0.25, -0.2) is 4.98 Å². The molecule has 6 nitrogen and oxygen atoms in total. The summed E-state index contributed by atoms with van der Waals surface area (Å²) < 4.78 is 18.2. The maximum atomic E-state index is 12.5. The Morgan fingerprint density at radius 1 is 1.29 bits per heavy atom. The second kappa shape index (κ2) is 11.2. The number of hydrogen-bond donors (Lipinski definition) is 1. The summed E-state index contributed by atoms with van der Waals surface area (Å²) in [4.78, 5) is 19.1. The second-order valence-corrected chi connectivity index (χ2v) is 10.5. The summed E-state index contributed by atoms with van der Waals surface area (Å²) in [6, 6.07) is 7.29. The highest BCUT2D eigenvalue weighted by Gasteiger charge is 2.21. The van der Waals surface area contributed by atoms with Gasteiger partial charge in [0.1, 0.15) is 11.5 Å². The van der Waals surface area contributed by atoms with Gasteiger partial charge in [-0.3, -0.25) is 9.00 Å². The fourth-order valence-electron chi connectivity index (χ4n) is 4.22. The van der Waals surface area contributed by atoms with Crippen LogP contribution in [0, 0.1) is 18.8 Å². The SMILES string of the molecule is Cc1oc(-c2ccccc2Cl)nc1C[S@@](=O)CC(=O)NCCCN1C[C@H](C)C[C@@H](C)C1. The number of benzene rings is 1. The van der Waals surface area contributed by atoms with E-state index in [1.165, 1.54) is 6.42 Å². The van der Waals surface area contributed by atoms with E-state index in [1.54, 1.807) is 13.0 Å². The smallest absolute Gasteiger partial charge is 0.232 e. The van der Waals surface area contributed by atoms with Gasteiger partial charge in [0.15, 0.2) is 0 Å². The van der Waals surface area contributed by atoms with Gasteiger partial charge in [-0.05, 0) is 50.3 Å². The number of nitrogens with one attached hydrogen (secondary N) is 1. The minimum absolute atomic E-state index is 0.0362. The van der Waals surface area contributed by atoms with Gasteiger partial charge in [-0.2, -0.15) is 0 Å². The molecule has 3 rings (SSSR count). The maximum Gasteiger partial charge on any atom is 0.232 e. The molecule has 170 valence electrons. The standard InChI is InChI=1S/C23H32ClN3O3S/c1-16-11-17(2)13-27(12-16)10-6-9-25-22(28)15-31(29)14-21-18(3)30-23(26-21)19-7-4-5-8-20(19)24/h4-5,7-8,16-17H,6,9-15H2,1-3H3,(H,25,28)/t16-,17-,31-/m1/s1. The van der Waals surface area contributed by atoms with Crippen molar-refractivity contribution in [1.82, 2.24) is 15.2 Å². The molecule has 8 heteroatoms. The normalized spacial score (nSPS) is 20.5. The molecule has 0 spiro atoms. The zero-order valence-electron chi connectivity index (χ0n) is 18.5. The van der Waals surface area contributed by atoms with Crippen LogP contribution in [0.4, 0.5) is 0 Å². The fraction of sp³-hybridized carbons (Fsp3) is 0.565. The van der Waals surface area contributed by atoms with Gasteiger partial charge in [0.25, 0.3) is 0 Å². The number of amides is 1. The van der Waals surface area contributed by atoms with Crippen LogP contribution in [0.25, 0.3) is 11.5 Å². The first-order valence-corrected chi connectivity index (χ1v) is 12.7. The van der Waals surface area contributed by atoms with E-state index in [4.69, 9.17) is 16.0 Å². The van der Waals surface area contributed by atoms with Crippen molar-refractivity contribution in [2.45, 2.75) is 39.4 Å². The van der Waals surface area contributed by atoms with Crippen molar-refractivity contribution in [1.29, 1.82) is 0 Å². The average molecular weight is 466 g/mol. The molecule has 0 saturated carbocycles. The zero-order valence-corrected chi connectivity index (χ0v) is 20.1. The second-order valence-electron chi connectivity index (χ2n) is 8.64. The molecule has 1 aromatic carbocycles. The fourth-order valence-corrected chi connectivity index (χ4v) is 5.50. The minimum Gasteiger partial charge on any atom is -0.441 e. The van der Waals surface area contributed by atoms with E-state index >= 15 is 0 Å². The van der Waals surface area contributed by atoms with E-state index in [-0.39, 0.29) is 17.4 Å². The molecule has 0 bridgehead atoms. The number of hydrogen-bond acceptors (Lipinski definition) is 5. The molecule has 1 amide bonds. The van der Waals surface area contributed by atoms with E-state index in [2.05, 4.69) is 29.0 Å². The first-order chi connectivity index (χ1) is 14.8. The molecule has 0 radical (unpaired) electrons. The van der Waals surface area contributed by atoms with E-state index in [0.717, 1.165) is 37.9 Å². The Bertz CT molecular complexity index is 907. The lowest BCUT2D eigenvalue weighted by molar-refractivity contribution is -0.118. The zero-order chi connectivity index (χ0) is 22.4. The largest absolute Gasteiger partial charge is 0.441 e. The van der Waals surface area contributed by atoms with Gasteiger partial charge in [-0.1, -0.05) is 37.6 Å². The number of piperidine rings is 1. The Labute approximate surface area is 192 Å². The highest BCUT2D eigenvalue weighted by molar-refractivity contribution is 7.84. The highest BCUT2D eigenvalue weighted by atomic mass is 35.5. The third kappa shape index (κ3) is 7.16. The van der Waals surface area contributed by atoms with Crippen LogP contribution in [0.5, 0.6) is 0 Å². The van der Waals surface area contributed by atoms with Crippen molar-refractivity contribution in [2.24, 2.45) is 11.8 Å². The van der Waals surface area contributed by atoms with E-state index in [0.29, 0.717) is 34.5 Å². The van der Waals surface area contributed by atoms with E-state index in [9.17, 15) is 9.00 Å². The molecule has 1 aliphatic heterocycles. The van der Waals surface area contributed by atoms with Crippen molar-refractivity contribution in [3.63, 3.8) is 0 Å². The Kier molecular flexibility index (Phi) is 8.69. The molecule has 1 aliphatic rings. The van der Waals surface area contributed by atoms with E-state index in [1.807, 2.05) is 18.2 Å². The molecular weight excluding hydrogens is 434 g/mol. The monoisotopic (exact) mass is 465 g/mol. The van der Waals surface area contributed by atoms with Crippen LogP contribution in [-0.4, -0.2) is 51.9 Å². The summed E-state index contributed by atoms with van der Waals surface area (Å²) in [6.45, 7) is 10.2. The lowest BCUT2D eigenvalue weighted by Crippen LogP contribution is -2.40. The number of likely N-dealkylation sites (tertiary alicyclic amines) is 1. The summed E-state index contributed by atoms with van der Waals surface area (Å²) in [7, 11) is -1.36. The van der Waals surface area contributed by atoms with Crippen LogP contribution in [0.1, 0.15) is 38.1 Å². The van der Waals surface area contributed by atoms with Crippen LogP contribution >= 0.6 is 11.6 Å². The topological polar surface area (TPSA) is 75.4 Å². The third-order valence-corrected chi connectivity index (χ3v) is 7.01.